The molecule has 2 aromatic rings. The number of hydrogen-bond donors (Lipinski definition) is 1. The summed E-state index contributed by atoms with van der Waals surface area (Å²) in [6.45, 7) is 4.95. The first kappa shape index (κ1) is 23.6. The minimum Gasteiger partial charge on any atom is -0.495 e. The highest BCUT2D eigenvalue weighted by atomic mass is 35.5. The van der Waals surface area contributed by atoms with E-state index in [2.05, 4.69) is 5.32 Å². The Balaban J connectivity index is 1.74. The van der Waals surface area contributed by atoms with Gasteiger partial charge >= 0.3 is 0 Å². The van der Waals surface area contributed by atoms with Gasteiger partial charge in [-0.2, -0.15) is 4.31 Å². The molecule has 0 radical (unpaired) electrons. The molecule has 1 amide bonds. The molecule has 1 fully saturated rings. The lowest BCUT2D eigenvalue weighted by atomic mass is 9.99. The molecule has 1 heterocycles. The van der Waals surface area contributed by atoms with Crippen molar-refractivity contribution in [1.82, 2.24) is 9.62 Å². The van der Waals surface area contributed by atoms with E-state index in [-0.39, 0.29) is 23.3 Å². The Morgan fingerprint density at radius 2 is 1.94 bits per heavy atom. The van der Waals surface area contributed by atoms with Crippen molar-refractivity contribution >= 4 is 27.5 Å². The quantitative estimate of drug-likeness (QED) is 0.666. The molecule has 0 saturated carbocycles. The number of ether oxygens (including phenoxy) is 1. The van der Waals surface area contributed by atoms with Crippen LogP contribution < -0.4 is 10.1 Å². The number of piperidine rings is 1. The lowest BCUT2D eigenvalue weighted by Gasteiger charge is -2.31. The third-order valence-corrected chi connectivity index (χ3v) is 7.75. The molecule has 8 heteroatoms. The van der Waals surface area contributed by atoms with Crippen molar-refractivity contribution in [3.8, 4) is 5.75 Å². The second kappa shape index (κ2) is 10.0. The predicted octanol–water partition coefficient (Wildman–Crippen LogP) is 4.19. The topological polar surface area (TPSA) is 75.7 Å². The van der Waals surface area contributed by atoms with Crippen LogP contribution in [-0.2, 0) is 21.4 Å². The van der Waals surface area contributed by atoms with Gasteiger partial charge in [0.2, 0.25) is 15.9 Å². The Labute approximate surface area is 189 Å². The highest BCUT2D eigenvalue weighted by Crippen LogP contribution is 2.32. The Bertz CT molecular complexity index is 1020. The third-order valence-electron chi connectivity index (χ3n) is 5.61. The average molecular weight is 465 g/mol. The zero-order valence-corrected chi connectivity index (χ0v) is 19.7. The number of sulfonamides is 1. The SMILES string of the molecule is COc1ccc(C(C)C)cc1S(=O)(=O)N1CCC[C@H](C(=O)NCc2ccc(Cl)cc2)C1. The predicted molar refractivity (Wildman–Crippen MR) is 122 cm³/mol. The number of amides is 1. The fourth-order valence-electron chi connectivity index (χ4n) is 3.70. The number of carbonyl (C=O) groups excluding carboxylic acids is 1. The summed E-state index contributed by atoms with van der Waals surface area (Å²) in [5.41, 5.74) is 1.86. The van der Waals surface area contributed by atoms with Crippen LogP contribution in [0.4, 0.5) is 0 Å². The zero-order chi connectivity index (χ0) is 22.6. The average Bonchev–Trinajstić information content (AvgIpc) is 2.78. The highest BCUT2D eigenvalue weighted by Gasteiger charge is 2.35. The number of hydrogen-bond acceptors (Lipinski definition) is 4. The van der Waals surface area contributed by atoms with Crippen molar-refractivity contribution < 1.29 is 17.9 Å². The fourth-order valence-corrected chi connectivity index (χ4v) is 5.54. The summed E-state index contributed by atoms with van der Waals surface area (Å²) in [5, 5.41) is 3.56. The zero-order valence-electron chi connectivity index (χ0n) is 18.1. The number of carbonyl (C=O) groups is 1. The van der Waals surface area contributed by atoms with E-state index in [1.165, 1.54) is 11.4 Å². The van der Waals surface area contributed by atoms with Gasteiger partial charge in [-0.1, -0.05) is 43.6 Å². The van der Waals surface area contributed by atoms with Crippen LogP contribution in [0.15, 0.2) is 47.4 Å². The van der Waals surface area contributed by atoms with Gasteiger partial charge in [-0.3, -0.25) is 4.79 Å². The van der Waals surface area contributed by atoms with Gasteiger partial charge in [0.25, 0.3) is 0 Å². The summed E-state index contributed by atoms with van der Waals surface area (Å²) in [6.07, 6.45) is 1.28. The third kappa shape index (κ3) is 5.59. The van der Waals surface area contributed by atoms with Crippen molar-refractivity contribution in [3.05, 3.63) is 58.6 Å². The van der Waals surface area contributed by atoms with Crippen molar-refractivity contribution in [2.75, 3.05) is 20.2 Å². The van der Waals surface area contributed by atoms with Crippen LogP contribution in [0, 0.1) is 5.92 Å². The van der Waals surface area contributed by atoms with E-state index in [0.29, 0.717) is 36.7 Å². The van der Waals surface area contributed by atoms with E-state index in [4.69, 9.17) is 16.3 Å². The molecule has 1 N–H and O–H groups in total. The van der Waals surface area contributed by atoms with Gasteiger partial charge in [-0.05, 0) is 54.2 Å². The van der Waals surface area contributed by atoms with Crippen LogP contribution in [0.5, 0.6) is 5.75 Å². The first-order valence-electron chi connectivity index (χ1n) is 10.4. The lowest BCUT2D eigenvalue weighted by molar-refractivity contribution is -0.126. The summed E-state index contributed by atoms with van der Waals surface area (Å²) < 4.78 is 33.6. The molecule has 1 saturated heterocycles. The van der Waals surface area contributed by atoms with E-state index < -0.39 is 15.9 Å². The smallest absolute Gasteiger partial charge is 0.246 e. The molecular formula is C23H29ClN2O4S. The minimum atomic E-state index is -3.79. The molecule has 0 spiro atoms. The maximum absolute atomic E-state index is 13.4. The monoisotopic (exact) mass is 464 g/mol. The Kier molecular flexibility index (Phi) is 7.62. The summed E-state index contributed by atoms with van der Waals surface area (Å²) >= 11 is 5.90. The molecule has 0 unspecified atom stereocenters. The minimum absolute atomic E-state index is 0.141. The number of methoxy groups -OCH3 is 1. The molecule has 6 nitrogen and oxygen atoms in total. The number of nitrogens with one attached hydrogen (secondary N) is 1. The van der Waals surface area contributed by atoms with E-state index in [1.54, 1.807) is 24.3 Å². The van der Waals surface area contributed by atoms with E-state index in [9.17, 15) is 13.2 Å². The van der Waals surface area contributed by atoms with Crippen LogP contribution >= 0.6 is 11.6 Å². The number of halogens is 1. The second-order valence-corrected chi connectivity index (χ2v) is 10.5. The van der Waals surface area contributed by atoms with E-state index in [1.807, 2.05) is 32.0 Å². The lowest BCUT2D eigenvalue weighted by Crippen LogP contribution is -2.45. The largest absolute Gasteiger partial charge is 0.495 e. The van der Waals surface area contributed by atoms with Crippen LogP contribution in [-0.4, -0.2) is 38.8 Å². The summed E-state index contributed by atoms with van der Waals surface area (Å²) in [6, 6.07) is 12.5. The molecule has 1 atom stereocenters. The van der Waals surface area contributed by atoms with Crippen molar-refractivity contribution in [3.63, 3.8) is 0 Å². The first-order chi connectivity index (χ1) is 14.7. The molecule has 3 rings (SSSR count). The van der Waals surface area contributed by atoms with Gasteiger partial charge in [0.05, 0.1) is 13.0 Å². The molecule has 0 aromatic heterocycles. The highest BCUT2D eigenvalue weighted by molar-refractivity contribution is 7.89. The van der Waals surface area contributed by atoms with Crippen LogP contribution in [0.1, 0.15) is 43.7 Å². The second-order valence-electron chi connectivity index (χ2n) is 8.11. The fraction of sp³-hybridized carbons (Fsp3) is 0.435. The van der Waals surface area contributed by atoms with Gasteiger partial charge in [-0.25, -0.2) is 8.42 Å². The summed E-state index contributed by atoms with van der Waals surface area (Å²) in [7, 11) is -2.32. The summed E-state index contributed by atoms with van der Waals surface area (Å²) in [5.74, 6) is -0.0285. The first-order valence-corrected chi connectivity index (χ1v) is 12.2. The van der Waals surface area contributed by atoms with Crippen molar-refractivity contribution in [1.29, 1.82) is 0 Å². The summed E-state index contributed by atoms with van der Waals surface area (Å²) in [4.78, 5) is 12.9. The normalized spacial score (nSPS) is 17.5. The number of rotatable bonds is 7. The molecule has 31 heavy (non-hydrogen) atoms. The molecule has 1 aliphatic heterocycles. The van der Waals surface area contributed by atoms with Crippen molar-refractivity contribution in [2.45, 2.75) is 44.0 Å². The van der Waals surface area contributed by atoms with Gasteiger partial charge in [0.1, 0.15) is 10.6 Å². The Morgan fingerprint density at radius 3 is 2.58 bits per heavy atom. The number of nitrogens with zero attached hydrogens (tertiary/aromatic N) is 1. The Hall–Kier alpha value is -2.09. The number of benzene rings is 2. The van der Waals surface area contributed by atoms with E-state index in [0.717, 1.165) is 11.1 Å². The van der Waals surface area contributed by atoms with Crippen LogP contribution in [0.3, 0.4) is 0 Å². The maximum Gasteiger partial charge on any atom is 0.246 e. The molecular weight excluding hydrogens is 436 g/mol. The van der Waals surface area contributed by atoms with Gasteiger partial charge in [0, 0.05) is 24.7 Å². The Morgan fingerprint density at radius 1 is 1.23 bits per heavy atom. The standard InChI is InChI=1S/C23H29ClN2O4S/c1-16(2)18-8-11-21(30-3)22(13-18)31(28,29)26-12-4-5-19(15-26)23(27)25-14-17-6-9-20(24)10-7-17/h6-11,13,16,19H,4-5,12,14-15H2,1-3H3,(H,25,27)/t19-/m0/s1. The molecule has 168 valence electrons. The van der Waals surface area contributed by atoms with Crippen LogP contribution in [0.2, 0.25) is 5.02 Å². The molecule has 2 aromatic carbocycles. The maximum atomic E-state index is 13.4. The molecule has 0 aliphatic carbocycles. The van der Waals surface area contributed by atoms with Gasteiger partial charge in [0.15, 0.2) is 0 Å². The molecule has 0 bridgehead atoms. The van der Waals surface area contributed by atoms with Crippen molar-refractivity contribution in [2.24, 2.45) is 5.92 Å². The van der Waals surface area contributed by atoms with Gasteiger partial charge < -0.3 is 10.1 Å². The molecule has 1 aliphatic rings. The van der Waals surface area contributed by atoms with Crippen LogP contribution in [0.25, 0.3) is 0 Å². The van der Waals surface area contributed by atoms with E-state index >= 15 is 0 Å². The van der Waals surface area contributed by atoms with Gasteiger partial charge in [-0.15, -0.1) is 0 Å².